The van der Waals surface area contributed by atoms with Crippen LogP contribution in [-0.4, -0.2) is 66.6 Å². The Bertz CT molecular complexity index is 719. The summed E-state index contributed by atoms with van der Waals surface area (Å²) < 4.78 is 39.9. The third-order valence-electron chi connectivity index (χ3n) is 6.46. The maximum absolute atomic E-state index is 13.3. The average molecular weight is 441 g/mol. The molecule has 8 heteroatoms. The third kappa shape index (κ3) is 6.20. The second kappa shape index (κ2) is 10.8. The largest absolute Gasteiger partial charge is 0.416 e. The van der Waals surface area contributed by atoms with E-state index in [1.54, 1.807) is 6.07 Å². The Kier molecular flexibility index (Phi) is 8.36. The molecule has 2 N–H and O–H groups in total. The third-order valence-corrected chi connectivity index (χ3v) is 6.46. The zero-order chi connectivity index (χ0) is 22.4. The van der Waals surface area contributed by atoms with E-state index in [0.717, 1.165) is 45.0 Å². The number of hydrogen-bond acceptors (Lipinski definition) is 4. The Morgan fingerprint density at radius 1 is 1.16 bits per heavy atom. The lowest BCUT2D eigenvalue weighted by atomic mass is 10.0. The molecule has 1 amide bonds. The van der Waals surface area contributed by atoms with E-state index in [1.807, 2.05) is 6.92 Å². The van der Waals surface area contributed by atoms with Crippen LogP contribution in [0.25, 0.3) is 0 Å². The fourth-order valence-corrected chi connectivity index (χ4v) is 4.96. The Morgan fingerprint density at radius 2 is 1.87 bits per heavy atom. The molecule has 2 atom stereocenters. The molecule has 1 aromatic carbocycles. The molecule has 1 aromatic rings. The number of nitrogens with zero attached hydrogens (tertiary/aromatic N) is 2. The molecule has 31 heavy (non-hydrogen) atoms. The van der Waals surface area contributed by atoms with Gasteiger partial charge in [-0.3, -0.25) is 9.69 Å². The Morgan fingerprint density at radius 3 is 2.52 bits per heavy atom. The number of piperidine rings is 1. The lowest BCUT2D eigenvalue weighted by Gasteiger charge is -2.39. The van der Waals surface area contributed by atoms with Gasteiger partial charge in [0.15, 0.2) is 0 Å². The first-order valence-corrected chi connectivity index (χ1v) is 11.5. The summed E-state index contributed by atoms with van der Waals surface area (Å²) in [7, 11) is 0. The number of likely N-dealkylation sites (tertiary alicyclic amines) is 2. The SMILES string of the molecule is CCCN1CCC(N2C[C@@H](NCc3ccccc3C(F)(F)F)C[C@H]2C(=O)NCC)CC1. The van der Waals surface area contributed by atoms with E-state index in [2.05, 4.69) is 27.4 Å². The summed E-state index contributed by atoms with van der Waals surface area (Å²) in [5.74, 6) is 0.0264. The van der Waals surface area contributed by atoms with Crippen LogP contribution in [0.2, 0.25) is 0 Å². The van der Waals surface area contributed by atoms with Crippen molar-refractivity contribution in [3.63, 3.8) is 0 Å². The van der Waals surface area contributed by atoms with Crippen LogP contribution in [0.15, 0.2) is 24.3 Å². The fraction of sp³-hybridized carbons (Fsp3) is 0.696. The van der Waals surface area contributed by atoms with Gasteiger partial charge in [0.05, 0.1) is 11.6 Å². The summed E-state index contributed by atoms with van der Waals surface area (Å²) in [6.45, 7) is 8.68. The van der Waals surface area contributed by atoms with Gasteiger partial charge in [-0.2, -0.15) is 13.2 Å². The number of rotatable bonds is 8. The van der Waals surface area contributed by atoms with Gasteiger partial charge in [0.25, 0.3) is 0 Å². The van der Waals surface area contributed by atoms with Crippen LogP contribution in [0.3, 0.4) is 0 Å². The molecule has 174 valence electrons. The number of nitrogens with one attached hydrogen (secondary N) is 2. The molecule has 0 bridgehead atoms. The zero-order valence-electron chi connectivity index (χ0n) is 18.5. The van der Waals surface area contributed by atoms with Crippen LogP contribution in [0.4, 0.5) is 13.2 Å². The number of benzene rings is 1. The van der Waals surface area contributed by atoms with Crippen molar-refractivity contribution < 1.29 is 18.0 Å². The van der Waals surface area contributed by atoms with E-state index in [1.165, 1.54) is 12.1 Å². The Balaban J connectivity index is 1.65. The smallest absolute Gasteiger partial charge is 0.355 e. The van der Waals surface area contributed by atoms with E-state index < -0.39 is 11.7 Å². The lowest BCUT2D eigenvalue weighted by molar-refractivity contribution is -0.138. The molecule has 0 spiro atoms. The van der Waals surface area contributed by atoms with Gasteiger partial charge in [0.1, 0.15) is 0 Å². The van der Waals surface area contributed by atoms with Crippen molar-refractivity contribution in [1.29, 1.82) is 0 Å². The van der Waals surface area contributed by atoms with Crippen molar-refractivity contribution in [2.24, 2.45) is 0 Å². The molecule has 2 heterocycles. The van der Waals surface area contributed by atoms with Crippen LogP contribution in [-0.2, 0) is 17.5 Å². The molecule has 0 saturated carbocycles. The van der Waals surface area contributed by atoms with E-state index in [9.17, 15) is 18.0 Å². The molecule has 0 radical (unpaired) electrons. The van der Waals surface area contributed by atoms with Gasteiger partial charge in [0, 0.05) is 31.7 Å². The second-order valence-corrected chi connectivity index (χ2v) is 8.65. The lowest BCUT2D eigenvalue weighted by Crippen LogP contribution is -2.51. The van der Waals surface area contributed by atoms with Gasteiger partial charge in [-0.15, -0.1) is 0 Å². The van der Waals surface area contributed by atoms with E-state index in [4.69, 9.17) is 0 Å². The van der Waals surface area contributed by atoms with Crippen molar-refractivity contribution in [2.45, 2.75) is 70.4 Å². The average Bonchev–Trinajstić information content (AvgIpc) is 3.17. The predicted octanol–water partition coefficient (Wildman–Crippen LogP) is 3.25. The number of carbonyl (C=O) groups is 1. The number of hydrogen-bond donors (Lipinski definition) is 2. The molecule has 2 aliphatic rings. The zero-order valence-corrected chi connectivity index (χ0v) is 18.5. The van der Waals surface area contributed by atoms with E-state index in [-0.39, 0.29) is 30.1 Å². The van der Waals surface area contributed by atoms with E-state index in [0.29, 0.717) is 25.6 Å². The van der Waals surface area contributed by atoms with Crippen LogP contribution in [0, 0.1) is 0 Å². The van der Waals surface area contributed by atoms with Crippen LogP contribution in [0.1, 0.15) is 50.7 Å². The minimum absolute atomic E-state index is 0.0115. The van der Waals surface area contributed by atoms with Crippen molar-refractivity contribution in [2.75, 3.05) is 32.7 Å². The number of halogens is 3. The molecule has 3 rings (SSSR count). The maximum atomic E-state index is 13.3. The van der Waals surface area contributed by atoms with Crippen LogP contribution >= 0.6 is 0 Å². The normalized spacial score (nSPS) is 23.9. The van der Waals surface area contributed by atoms with Crippen molar-refractivity contribution in [1.82, 2.24) is 20.4 Å². The first-order chi connectivity index (χ1) is 14.8. The van der Waals surface area contributed by atoms with Gasteiger partial charge >= 0.3 is 6.18 Å². The summed E-state index contributed by atoms with van der Waals surface area (Å²) in [6, 6.07) is 5.80. The number of amides is 1. The monoisotopic (exact) mass is 440 g/mol. The minimum atomic E-state index is -4.37. The molecule has 2 aliphatic heterocycles. The summed E-state index contributed by atoms with van der Waals surface area (Å²) in [5.41, 5.74) is -0.350. The summed E-state index contributed by atoms with van der Waals surface area (Å²) in [6.07, 6.45) is -0.550. The first-order valence-electron chi connectivity index (χ1n) is 11.5. The summed E-state index contributed by atoms with van der Waals surface area (Å²) >= 11 is 0. The molecule has 0 unspecified atom stereocenters. The standard InChI is InChI=1S/C23H35F3N4O/c1-3-11-29-12-9-19(10-13-29)30-16-18(14-21(30)22(31)27-4-2)28-15-17-7-5-6-8-20(17)23(24,25)26/h5-8,18-19,21,28H,3-4,9-16H2,1-2H3,(H,27,31)/t18-,21-/m0/s1. The first kappa shape index (κ1) is 24.0. The maximum Gasteiger partial charge on any atom is 0.416 e. The van der Waals surface area contributed by atoms with Gasteiger partial charge < -0.3 is 15.5 Å². The van der Waals surface area contributed by atoms with Gasteiger partial charge in [-0.1, -0.05) is 25.1 Å². The minimum Gasteiger partial charge on any atom is -0.355 e. The quantitative estimate of drug-likeness (QED) is 0.652. The summed E-state index contributed by atoms with van der Waals surface area (Å²) in [5, 5.41) is 6.24. The highest BCUT2D eigenvalue weighted by molar-refractivity contribution is 5.82. The highest BCUT2D eigenvalue weighted by Gasteiger charge is 2.41. The summed E-state index contributed by atoms with van der Waals surface area (Å²) in [4.78, 5) is 17.5. The Hall–Kier alpha value is -1.64. The topological polar surface area (TPSA) is 47.6 Å². The molecular formula is C23H35F3N4O. The molecule has 0 aliphatic carbocycles. The number of alkyl halides is 3. The second-order valence-electron chi connectivity index (χ2n) is 8.65. The highest BCUT2D eigenvalue weighted by atomic mass is 19.4. The fourth-order valence-electron chi connectivity index (χ4n) is 4.96. The van der Waals surface area contributed by atoms with Crippen molar-refractivity contribution in [3.05, 3.63) is 35.4 Å². The molecule has 5 nitrogen and oxygen atoms in total. The molecule has 0 aromatic heterocycles. The van der Waals surface area contributed by atoms with Crippen LogP contribution < -0.4 is 10.6 Å². The molecule has 2 fully saturated rings. The predicted molar refractivity (Wildman–Crippen MR) is 116 cm³/mol. The molecular weight excluding hydrogens is 405 g/mol. The van der Waals surface area contributed by atoms with Gasteiger partial charge in [-0.05, 0) is 63.9 Å². The highest BCUT2D eigenvalue weighted by Crippen LogP contribution is 2.32. The van der Waals surface area contributed by atoms with Crippen molar-refractivity contribution >= 4 is 5.91 Å². The van der Waals surface area contributed by atoms with Gasteiger partial charge in [0.2, 0.25) is 5.91 Å². The van der Waals surface area contributed by atoms with E-state index >= 15 is 0 Å². The number of carbonyl (C=O) groups excluding carboxylic acids is 1. The molecule has 2 saturated heterocycles. The van der Waals surface area contributed by atoms with Gasteiger partial charge in [-0.25, -0.2) is 0 Å². The van der Waals surface area contributed by atoms with Crippen molar-refractivity contribution in [3.8, 4) is 0 Å². The van der Waals surface area contributed by atoms with Crippen LogP contribution in [0.5, 0.6) is 0 Å². The number of likely N-dealkylation sites (N-methyl/N-ethyl adjacent to an activating group) is 1. The Labute approximate surface area is 183 Å².